The molecule has 8 heteroatoms. The molecule has 8 nitrogen and oxygen atoms in total. The van der Waals surface area contributed by atoms with Gasteiger partial charge in [-0.2, -0.15) is 5.10 Å². The van der Waals surface area contributed by atoms with Crippen LogP contribution in [0.3, 0.4) is 0 Å². The predicted octanol–water partition coefficient (Wildman–Crippen LogP) is 1.92. The topological polar surface area (TPSA) is 70.6 Å². The zero-order chi connectivity index (χ0) is 17.6. The quantitative estimate of drug-likeness (QED) is 0.829. The third kappa shape index (κ3) is 3.02. The zero-order valence-corrected chi connectivity index (χ0v) is 14.9. The molecular weight excluding hydrogens is 320 g/mol. The van der Waals surface area contributed by atoms with E-state index in [0.29, 0.717) is 12.0 Å². The molecular formula is C17H24N6O2. The van der Waals surface area contributed by atoms with Crippen LogP contribution in [-0.4, -0.2) is 63.8 Å². The van der Waals surface area contributed by atoms with E-state index in [1.807, 2.05) is 24.1 Å². The summed E-state index contributed by atoms with van der Waals surface area (Å²) in [5.74, 6) is 2.07. The number of likely N-dealkylation sites (tertiary alicyclic amines) is 1. The first-order chi connectivity index (χ1) is 12.0. The smallest absolute Gasteiger partial charge is 0.324 e. The van der Waals surface area contributed by atoms with E-state index >= 15 is 0 Å². The van der Waals surface area contributed by atoms with E-state index < -0.39 is 0 Å². The maximum atomic E-state index is 12.1. The van der Waals surface area contributed by atoms with Crippen molar-refractivity contribution in [2.45, 2.75) is 32.4 Å². The Bertz CT molecular complexity index is 761. The van der Waals surface area contributed by atoms with Gasteiger partial charge in [-0.1, -0.05) is 13.8 Å². The average molecular weight is 344 g/mol. The van der Waals surface area contributed by atoms with E-state index in [9.17, 15) is 4.79 Å². The summed E-state index contributed by atoms with van der Waals surface area (Å²) >= 11 is 0. The van der Waals surface area contributed by atoms with E-state index in [0.717, 1.165) is 50.1 Å². The number of nitrogens with zero attached hydrogens (tertiary/aromatic N) is 6. The monoisotopic (exact) mass is 344 g/mol. The van der Waals surface area contributed by atoms with E-state index in [2.05, 4.69) is 28.8 Å². The largest absolute Gasteiger partial charge is 0.444 e. The van der Waals surface area contributed by atoms with Gasteiger partial charge in [0.1, 0.15) is 5.76 Å². The molecule has 2 aromatic heterocycles. The van der Waals surface area contributed by atoms with Crippen molar-refractivity contribution in [3.8, 4) is 0 Å². The van der Waals surface area contributed by atoms with Crippen molar-refractivity contribution in [3.05, 3.63) is 30.2 Å². The summed E-state index contributed by atoms with van der Waals surface area (Å²) in [5.41, 5.74) is 0.877. The molecule has 2 fully saturated rings. The maximum Gasteiger partial charge on any atom is 0.324 e. The number of likely N-dealkylation sites (N-methyl/N-ethyl adjacent to an activating group) is 1. The summed E-state index contributed by atoms with van der Waals surface area (Å²) in [6.07, 6.45) is 5.57. The van der Waals surface area contributed by atoms with Gasteiger partial charge in [-0.05, 0) is 0 Å². The SMILES string of the molecule is CC(C)c1cnc(CN2CC(n3cc(N4CCN(C)C4=O)cn3)C2)o1. The molecule has 2 amide bonds. The van der Waals surface area contributed by atoms with Crippen LogP contribution in [0.1, 0.15) is 37.5 Å². The average Bonchev–Trinajstić information content (AvgIpc) is 3.25. The van der Waals surface area contributed by atoms with Crippen LogP contribution in [-0.2, 0) is 6.54 Å². The Morgan fingerprint density at radius 2 is 2.08 bits per heavy atom. The Morgan fingerprint density at radius 3 is 2.72 bits per heavy atom. The van der Waals surface area contributed by atoms with Crippen molar-refractivity contribution < 1.29 is 9.21 Å². The summed E-state index contributed by atoms with van der Waals surface area (Å²) in [6, 6.07) is 0.378. The molecule has 0 radical (unpaired) electrons. The van der Waals surface area contributed by atoms with Gasteiger partial charge in [0.2, 0.25) is 5.89 Å². The standard InChI is InChI=1S/C17H24N6O2/c1-12(2)15-7-18-16(25-15)11-21-8-14(9-21)23-10-13(6-19-23)22-5-4-20(3)17(22)24/h6-7,10,12,14H,4-5,8-9,11H2,1-3H3. The molecule has 2 aromatic rings. The molecule has 0 bridgehead atoms. The first kappa shape index (κ1) is 16.1. The van der Waals surface area contributed by atoms with Crippen LogP contribution in [0.15, 0.2) is 23.0 Å². The number of hydrogen-bond acceptors (Lipinski definition) is 5. The first-order valence-electron chi connectivity index (χ1n) is 8.75. The lowest BCUT2D eigenvalue weighted by molar-refractivity contribution is 0.0810. The lowest BCUT2D eigenvalue weighted by Crippen LogP contribution is -2.47. The van der Waals surface area contributed by atoms with Crippen molar-refractivity contribution in [1.29, 1.82) is 0 Å². The second-order valence-electron chi connectivity index (χ2n) is 7.19. The van der Waals surface area contributed by atoms with Crippen molar-refractivity contribution >= 4 is 11.7 Å². The van der Waals surface area contributed by atoms with Crippen LogP contribution in [0.5, 0.6) is 0 Å². The summed E-state index contributed by atoms with van der Waals surface area (Å²) < 4.78 is 7.73. The van der Waals surface area contributed by atoms with Crippen LogP contribution in [0.4, 0.5) is 10.5 Å². The van der Waals surface area contributed by atoms with Gasteiger partial charge in [-0.15, -0.1) is 0 Å². The summed E-state index contributed by atoms with van der Waals surface area (Å²) in [4.78, 5) is 22.2. The number of rotatable bonds is 5. The minimum atomic E-state index is 0.0413. The normalized spacial score (nSPS) is 19.3. The predicted molar refractivity (Wildman–Crippen MR) is 92.5 cm³/mol. The Morgan fingerprint density at radius 1 is 1.28 bits per heavy atom. The molecule has 2 aliphatic rings. The molecule has 2 aliphatic heterocycles. The second-order valence-corrected chi connectivity index (χ2v) is 7.19. The van der Waals surface area contributed by atoms with Gasteiger partial charge < -0.3 is 9.32 Å². The first-order valence-corrected chi connectivity index (χ1v) is 8.75. The summed E-state index contributed by atoms with van der Waals surface area (Å²) in [7, 11) is 1.82. The van der Waals surface area contributed by atoms with Crippen molar-refractivity contribution in [2.75, 3.05) is 38.1 Å². The maximum absolute atomic E-state index is 12.1. The fourth-order valence-electron chi connectivity index (χ4n) is 3.25. The highest BCUT2D eigenvalue weighted by Crippen LogP contribution is 2.26. The van der Waals surface area contributed by atoms with Gasteiger partial charge in [-0.3, -0.25) is 14.5 Å². The van der Waals surface area contributed by atoms with Gasteiger partial charge in [-0.25, -0.2) is 9.78 Å². The molecule has 0 aliphatic carbocycles. The number of hydrogen-bond donors (Lipinski definition) is 0. The highest BCUT2D eigenvalue weighted by atomic mass is 16.4. The van der Waals surface area contributed by atoms with E-state index in [-0.39, 0.29) is 6.03 Å². The van der Waals surface area contributed by atoms with Gasteiger partial charge in [0.15, 0.2) is 0 Å². The molecule has 4 rings (SSSR count). The molecule has 0 unspecified atom stereocenters. The second kappa shape index (κ2) is 6.18. The molecule has 2 saturated heterocycles. The van der Waals surface area contributed by atoms with Gasteiger partial charge >= 0.3 is 6.03 Å². The molecule has 0 saturated carbocycles. The van der Waals surface area contributed by atoms with Crippen LogP contribution < -0.4 is 4.90 Å². The fraction of sp³-hybridized carbons (Fsp3) is 0.588. The minimum absolute atomic E-state index is 0.0413. The Kier molecular flexibility index (Phi) is 3.99. The van der Waals surface area contributed by atoms with Crippen LogP contribution >= 0.6 is 0 Å². The number of aromatic nitrogens is 3. The third-order valence-corrected chi connectivity index (χ3v) is 4.93. The molecule has 0 N–H and O–H groups in total. The van der Waals surface area contributed by atoms with Crippen LogP contribution in [0, 0.1) is 0 Å². The van der Waals surface area contributed by atoms with Crippen LogP contribution in [0.2, 0.25) is 0 Å². The van der Waals surface area contributed by atoms with E-state index in [1.54, 1.807) is 16.0 Å². The van der Waals surface area contributed by atoms with Gasteiger partial charge in [0.05, 0.1) is 30.7 Å². The number of amides is 2. The summed E-state index contributed by atoms with van der Waals surface area (Å²) in [5, 5.41) is 4.45. The van der Waals surface area contributed by atoms with Crippen molar-refractivity contribution in [1.82, 2.24) is 24.6 Å². The molecule has 25 heavy (non-hydrogen) atoms. The zero-order valence-electron chi connectivity index (χ0n) is 14.9. The van der Waals surface area contributed by atoms with E-state index in [1.165, 1.54) is 0 Å². The number of anilines is 1. The molecule has 0 spiro atoms. The lowest BCUT2D eigenvalue weighted by Gasteiger charge is -2.38. The third-order valence-electron chi connectivity index (χ3n) is 4.93. The molecule has 4 heterocycles. The van der Waals surface area contributed by atoms with Gasteiger partial charge in [0, 0.05) is 45.3 Å². The van der Waals surface area contributed by atoms with Crippen LogP contribution in [0.25, 0.3) is 0 Å². The number of urea groups is 1. The number of carbonyl (C=O) groups excluding carboxylic acids is 1. The highest BCUT2D eigenvalue weighted by molar-refractivity contribution is 5.93. The molecule has 134 valence electrons. The number of carbonyl (C=O) groups is 1. The Hall–Kier alpha value is -2.35. The number of oxazole rings is 1. The Balaban J connectivity index is 1.32. The molecule has 0 atom stereocenters. The summed E-state index contributed by atoms with van der Waals surface area (Å²) in [6.45, 7) is 8.23. The fourth-order valence-corrected chi connectivity index (χ4v) is 3.25. The Labute approximate surface area is 147 Å². The van der Waals surface area contributed by atoms with Gasteiger partial charge in [0.25, 0.3) is 0 Å². The van der Waals surface area contributed by atoms with E-state index in [4.69, 9.17) is 4.42 Å². The minimum Gasteiger partial charge on any atom is -0.444 e. The lowest BCUT2D eigenvalue weighted by atomic mass is 10.1. The highest BCUT2D eigenvalue weighted by Gasteiger charge is 2.32. The van der Waals surface area contributed by atoms with Crippen molar-refractivity contribution in [2.24, 2.45) is 0 Å². The molecule has 0 aromatic carbocycles. The van der Waals surface area contributed by atoms with Crippen molar-refractivity contribution in [3.63, 3.8) is 0 Å².